The molecule has 2 N–H and O–H groups in total. The molecule has 0 unspecified atom stereocenters. The first-order valence-electron chi connectivity index (χ1n) is 12.7. The third-order valence-corrected chi connectivity index (χ3v) is 7.33. The Bertz CT molecular complexity index is 1550. The molecule has 3 aromatic heterocycles. The van der Waals surface area contributed by atoms with Gasteiger partial charge in [-0.05, 0) is 42.7 Å². The molecule has 6 rings (SSSR count). The van der Waals surface area contributed by atoms with Gasteiger partial charge in [0.05, 0.1) is 25.8 Å². The summed E-state index contributed by atoms with van der Waals surface area (Å²) in [6.07, 6.45) is 0.0620. The normalized spacial score (nSPS) is 16.4. The van der Waals surface area contributed by atoms with Gasteiger partial charge in [-0.2, -0.15) is 23.3 Å². The van der Waals surface area contributed by atoms with Crippen LogP contribution < -0.4 is 10.2 Å². The number of aromatic amines is 1. The van der Waals surface area contributed by atoms with Gasteiger partial charge in [-0.25, -0.2) is 9.37 Å². The SMILES string of the molecule is Cn1c(C(=O)N2CC(C)(F)C2)cc2c1CN(c1ncc(C(F)(F)F)c(Nc3ccc(-c4cn[nH]c4)cc3)n1)CC2. The fourth-order valence-corrected chi connectivity index (χ4v) is 5.20. The van der Waals surface area contributed by atoms with Crippen LogP contribution in [0.3, 0.4) is 0 Å². The first kappa shape index (κ1) is 25.8. The minimum Gasteiger partial charge on any atom is -0.342 e. The lowest BCUT2D eigenvalue weighted by molar-refractivity contribution is -0.137. The number of anilines is 3. The zero-order valence-corrected chi connectivity index (χ0v) is 21.8. The summed E-state index contributed by atoms with van der Waals surface area (Å²) in [6, 6.07) is 8.71. The van der Waals surface area contributed by atoms with Gasteiger partial charge in [-0.3, -0.25) is 9.89 Å². The number of amides is 1. The van der Waals surface area contributed by atoms with Crippen molar-refractivity contribution in [3.8, 4) is 11.1 Å². The van der Waals surface area contributed by atoms with Crippen molar-refractivity contribution in [1.82, 2.24) is 29.6 Å². The average molecular weight is 555 g/mol. The van der Waals surface area contributed by atoms with E-state index in [2.05, 4.69) is 25.5 Å². The summed E-state index contributed by atoms with van der Waals surface area (Å²) in [5.41, 5.74) is 2.06. The number of fused-ring (bicyclic) bond motifs is 1. The number of nitrogens with one attached hydrogen (secondary N) is 2. The lowest BCUT2D eigenvalue weighted by atomic mass is 9.98. The van der Waals surface area contributed by atoms with Crippen LogP contribution in [0.1, 0.15) is 34.2 Å². The number of alkyl halides is 4. The monoisotopic (exact) mass is 554 g/mol. The number of carbonyl (C=O) groups is 1. The maximum Gasteiger partial charge on any atom is 0.421 e. The Labute approximate surface area is 226 Å². The molecule has 208 valence electrons. The average Bonchev–Trinajstić information content (AvgIpc) is 3.55. The predicted molar refractivity (Wildman–Crippen MR) is 140 cm³/mol. The molecule has 0 radical (unpaired) electrons. The number of carbonyl (C=O) groups excluding carboxylic acids is 1. The Kier molecular flexibility index (Phi) is 6.04. The van der Waals surface area contributed by atoms with Gasteiger partial charge in [0.1, 0.15) is 22.7 Å². The molecule has 4 aromatic rings. The van der Waals surface area contributed by atoms with Crippen molar-refractivity contribution < 1.29 is 22.4 Å². The van der Waals surface area contributed by atoms with Gasteiger partial charge >= 0.3 is 6.18 Å². The third kappa shape index (κ3) is 4.75. The molecule has 13 heteroatoms. The van der Waals surface area contributed by atoms with Gasteiger partial charge in [0.2, 0.25) is 5.95 Å². The van der Waals surface area contributed by atoms with Gasteiger partial charge in [0.15, 0.2) is 0 Å². The van der Waals surface area contributed by atoms with Gasteiger partial charge in [0.25, 0.3) is 5.91 Å². The van der Waals surface area contributed by atoms with Crippen LogP contribution in [0.2, 0.25) is 0 Å². The first-order chi connectivity index (χ1) is 19.0. The number of hydrogen-bond donors (Lipinski definition) is 2. The maximum absolute atomic E-state index is 13.9. The second-order valence-corrected chi connectivity index (χ2v) is 10.4. The minimum atomic E-state index is -4.66. The number of rotatable bonds is 5. The number of aromatic nitrogens is 5. The molecule has 0 atom stereocenters. The van der Waals surface area contributed by atoms with E-state index in [1.165, 1.54) is 11.8 Å². The summed E-state index contributed by atoms with van der Waals surface area (Å²) in [7, 11) is 1.76. The molecule has 5 heterocycles. The summed E-state index contributed by atoms with van der Waals surface area (Å²) in [6.45, 7) is 2.34. The van der Waals surface area contributed by atoms with E-state index >= 15 is 0 Å². The number of benzene rings is 1. The van der Waals surface area contributed by atoms with Crippen LogP contribution in [0, 0.1) is 0 Å². The van der Waals surface area contributed by atoms with Gasteiger partial charge in [-0.1, -0.05) is 12.1 Å². The molecule has 2 aliphatic heterocycles. The lowest BCUT2D eigenvalue weighted by Crippen LogP contribution is -2.59. The fraction of sp³-hybridized carbons (Fsp3) is 0.333. The van der Waals surface area contributed by atoms with Crippen LogP contribution in [-0.2, 0) is 26.2 Å². The van der Waals surface area contributed by atoms with E-state index in [4.69, 9.17) is 0 Å². The van der Waals surface area contributed by atoms with Crippen molar-refractivity contribution in [2.24, 2.45) is 7.05 Å². The zero-order valence-electron chi connectivity index (χ0n) is 21.8. The number of H-pyrrole nitrogens is 1. The van der Waals surface area contributed by atoms with E-state index in [9.17, 15) is 22.4 Å². The highest BCUT2D eigenvalue weighted by Gasteiger charge is 2.43. The van der Waals surface area contributed by atoms with E-state index < -0.39 is 17.4 Å². The summed E-state index contributed by atoms with van der Waals surface area (Å²) < 4.78 is 57.2. The highest BCUT2D eigenvalue weighted by Crippen LogP contribution is 2.37. The number of halogens is 4. The molecule has 2 aliphatic rings. The van der Waals surface area contributed by atoms with E-state index in [0.29, 0.717) is 30.9 Å². The van der Waals surface area contributed by atoms with Gasteiger partial charge in [-0.15, -0.1) is 0 Å². The summed E-state index contributed by atoms with van der Waals surface area (Å²) in [5.74, 6) is -0.454. The summed E-state index contributed by atoms with van der Waals surface area (Å²) in [4.78, 5) is 24.5. The highest BCUT2D eigenvalue weighted by atomic mass is 19.4. The summed E-state index contributed by atoms with van der Waals surface area (Å²) in [5, 5.41) is 9.44. The van der Waals surface area contributed by atoms with Crippen LogP contribution in [0.5, 0.6) is 0 Å². The number of hydrogen-bond acceptors (Lipinski definition) is 6. The molecule has 0 spiro atoms. The second-order valence-electron chi connectivity index (χ2n) is 10.4. The topological polar surface area (TPSA) is 95.0 Å². The molecule has 0 bridgehead atoms. The third-order valence-electron chi connectivity index (χ3n) is 7.33. The van der Waals surface area contributed by atoms with E-state index in [1.54, 1.807) is 53.2 Å². The van der Waals surface area contributed by atoms with Gasteiger partial charge in [0, 0.05) is 42.9 Å². The first-order valence-corrected chi connectivity index (χ1v) is 12.7. The minimum absolute atomic E-state index is 0.0506. The Morgan fingerprint density at radius 2 is 1.88 bits per heavy atom. The molecule has 1 fully saturated rings. The van der Waals surface area contributed by atoms with E-state index in [0.717, 1.165) is 28.6 Å². The van der Waals surface area contributed by atoms with Crippen molar-refractivity contribution in [2.45, 2.75) is 31.7 Å². The largest absolute Gasteiger partial charge is 0.421 e. The highest BCUT2D eigenvalue weighted by molar-refractivity contribution is 5.94. The van der Waals surface area contributed by atoms with E-state index in [1.807, 2.05) is 6.07 Å². The molecule has 0 aliphatic carbocycles. The zero-order chi connectivity index (χ0) is 28.2. The lowest BCUT2D eigenvalue weighted by Gasteiger charge is -2.42. The molecule has 1 saturated heterocycles. The Morgan fingerprint density at radius 3 is 2.52 bits per heavy atom. The molecule has 1 aromatic carbocycles. The Hall–Kier alpha value is -4.42. The Morgan fingerprint density at radius 1 is 1.12 bits per heavy atom. The molecule has 40 heavy (non-hydrogen) atoms. The quantitative estimate of drug-likeness (QED) is 0.347. The van der Waals surface area contributed by atoms with E-state index in [-0.39, 0.29) is 30.8 Å². The van der Waals surface area contributed by atoms with Crippen LogP contribution in [0.4, 0.5) is 35.0 Å². The van der Waals surface area contributed by atoms with Crippen molar-refractivity contribution in [2.75, 3.05) is 29.9 Å². The standard InChI is InChI=1S/C27H26F4N8O/c1-26(28)14-39(15-26)24(40)21-9-17-7-8-38(13-22(17)37(21)2)25-32-12-20(27(29,30)31)23(36-25)35-19-5-3-16(4-6-19)18-10-33-34-11-18/h3-6,9-12H,7-8,13-15H2,1-2H3,(H,33,34)(H,32,35,36). The van der Waals surface area contributed by atoms with Crippen molar-refractivity contribution in [1.29, 1.82) is 0 Å². The van der Waals surface area contributed by atoms with Crippen LogP contribution in [0.25, 0.3) is 11.1 Å². The van der Waals surface area contributed by atoms with Crippen molar-refractivity contribution in [3.05, 3.63) is 71.4 Å². The Balaban J connectivity index is 1.25. The van der Waals surface area contributed by atoms with Crippen molar-refractivity contribution in [3.63, 3.8) is 0 Å². The fourth-order valence-electron chi connectivity index (χ4n) is 5.20. The molecule has 0 saturated carbocycles. The van der Waals surface area contributed by atoms with Gasteiger partial charge < -0.3 is 19.7 Å². The summed E-state index contributed by atoms with van der Waals surface area (Å²) >= 11 is 0. The van der Waals surface area contributed by atoms with Crippen molar-refractivity contribution >= 4 is 23.4 Å². The number of likely N-dealkylation sites (tertiary alicyclic amines) is 1. The second kappa shape index (κ2) is 9.35. The molecular formula is C27H26F4N8O. The molecule has 1 amide bonds. The smallest absolute Gasteiger partial charge is 0.342 e. The number of nitrogens with zero attached hydrogens (tertiary/aromatic N) is 6. The van der Waals surface area contributed by atoms with Crippen LogP contribution >= 0.6 is 0 Å². The molecule has 9 nitrogen and oxygen atoms in total. The van der Waals surface area contributed by atoms with Crippen LogP contribution in [-0.4, -0.2) is 60.8 Å². The predicted octanol–water partition coefficient (Wildman–Crippen LogP) is 4.71. The van der Waals surface area contributed by atoms with Crippen LogP contribution in [0.15, 0.2) is 48.9 Å². The maximum atomic E-state index is 13.9. The molecular weight excluding hydrogens is 528 g/mol.